The molecule has 0 radical (unpaired) electrons. The smallest absolute Gasteiger partial charge is 0.234 e. The highest BCUT2D eigenvalue weighted by molar-refractivity contribution is 5.78. The number of aromatic nitrogens is 3. The Kier molecular flexibility index (Phi) is 7.82. The zero-order chi connectivity index (χ0) is 19.9. The molecule has 1 amide bonds. The van der Waals surface area contributed by atoms with Crippen LogP contribution in [-0.2, 0) is 16.1 Å². The number of aliphatic hydroxyl groups excluding tert-OH is 1. The zero-order valence-electron chi connectivity index (χ0n) is 17.2. The molecule has 2 aliphatic rings. The van der Waals surface area contributed by atoms with Crippen molar-refractivity contribution in [1.82, 2.24) is 25.2 Å². The third-order valence-electron chi connectivity index (χ3n) is 5.86. The predicted octanol–water partition coefficient (Wildman–Crippen LogP) is 1.30. The van der Waals surface area contributed by atoms with Crippen molar-refractivity contribution < 1.29 is 14.6 Å². The van der Waals surface area contributed by atoms with Gasteiger partial charge in [-0.05, 0) is 46.2 Å². The number of hydrogen-bond donors (Lipinski definition) is 2. The quantitative estimate of drug-likeness (QED) is 0.692. The lowest BCUT2D eigenvalue weighted by Gasteiger charge is -2.36. The van der Waals surface area contributed by atoms with Crippen molar-refractivity contribution in [2.24, 2.45) is 0 Å². The molecule has 1 saturated heterocycles. The Labute approximate surface area is 167 Å². The van der Waals surface area contributed by atoms with Gasteiger partial charge in [0.25, 0.3) is 0 Å². The van der Waals surface area contributed by atoms with Crippen LogP contribution in [0.1, 0.15) is 63.0 Å². The second-order valence-corrected chi connectivity index (χ2v) is 8.50. The second kappa shape index (κ2) is 10.3. The average molecular weight is 394 g/mol. The third kappa shape index (κ3) is 5.99. The molecule has 0 unspecified atom stereocenters. The minimum absolute atomic E-state index is 0.0339. The summed E-state index contributed by atoms with van der Waals surface area (Å²) in [6, 6.07) is -0.127. The Hall–Kier alpha value is -1.51. The zero-order valence-corrected chi connectivity index (χ0v) is 17.2. The summed E-state index contributed by atoms with van der Waals surface area (Å²) in [5.41, 5.74) is 1.13. The van der Waals surface area contributed by atoms with E-state index >= 15 is 0 Å². The molecule has 0 spiro atoms. The Balaban J connectivity index is 1.44. The first-order chi connectivity index (χ1) is 13.5. The number of nitrogens with one attached hydrogen (secondary N) is 1. The van der Waals surface area contributed by atoms with E-state index in [1.54, 1.807) is 0 Å². The Bertz CT molecular complexity index is 615. The maximum absolute atomic E-state index is 12.0. The van der Waals surface area contributed by atoms with Gasteiger partial charge in [0.05, 0.1) is 31.0 Å². The summed E-state index contributed by atoms with van der Waals surface area (Å²) < 4.78 is 7.98. The molecule has 8 nitrogen and oxygen atoms in total. The van der Waals surface area contributed by atoms with Crippen LogP contribution in [0.4, 0.5) is 0 Å². The van der Waals surface area contributed by atoms with Crippen LogP contribution >= 0.6 is 0 Å². The minimum atomic E-state index is -0.349. The summed E-state index contributed by atoms with van der Waals surface area (Å²) in [6.07, 6.45) is 10.7. The van der Waals surface area contributed by atoms with Gasteiger partial charge in [-0.1, -0.05) is 24.5 Å². The van der Waals surface area contributed by atoms with Crippen LogP contribution < -0.4 is 5.32 Å². The largest absolute Gasteiger partial charge is 0.394 e. The summed E-state index contributed by atoms with van der Waals surface area (Å²) in [6.45, 7) is 1.02. The van der Waals surface area contributed by atoms with E-state index in [-0.39, 0.29) is 30.8 Å². The molecule has 1 aliphatic carbocycles. The molecule has 2 N–H and O–H groups in total. The molecule has 2 heterocycles. The number of rotatable bonds is 8. The predicted molar refractivity (Wildman–Crippen MR) is 106 cm³/mol. The number of likely N-dealkylation sites (N-methyl/N-ethyl adjacent to an activating group) is 1. The van der Waals surface area contributed by atoms with Gasteiger partial charge < -0.3 is 20.1 Å². The molecular formula is C20H35N5O3. The highest BCUT2D eigenvalue weighted by Gasteiger charge is 2.31. The number of nitrogens with zero attached hydrogens (tertiary/aromatic N) is 4. The van der Waals surface area contributed by atoms with Crippen LogP contribution in [0.2, 0.25) is 0 Å². The number of aryl methyl sites for hydroxylation is 1. The molecule has 0 aromatic carbocycles. The van der Waals surface area contributed by atoms with E-state index in [1.807, 2.05) is 23.7 Å². The number of carbonyl (C=O) groups excluding carboxylic acids is 1. The van der Waals surface area contributed by atoms with Crippen LogP contribution in [-0.4, -0.2) is 76.4 Å². The fraction of sp³-hybridized carbons (Fsp3) is 0.850. The maximum Gasteiger partial charge on any atom is 0.234 e. The first-order valence-electron chi connectivity index (χ1n) is 10.7. The van der Waals surface area contributed by atoms with Crippen molar-refractivity contribution in [3.8, 4) is 0 Å². The van der Waals surface area contributed by atoms with E-state index < -0.39 is 0 Å². The molecule has 8 heteroatoms. The van der Waals surface area contributed by atoms with E-state index in [0.29, 0.717) is 12.5 Å². The van der Waals surface area contributed by atoms with Crippen molar-refractivity contribution in [3.05, 3.63) is 11.9 Å². The van der Waals surface area contributed by atoms with Gasteiger partial charge in [-0.25, -0.2) is 0 Å². The average Bonchev–Trinajstić information content (AvgIpc) is 3.16. The van der Waals surface area contributed by atoms with Crippen LogP contribution in [0.25, 0.3) is 0 Å². The molecule has 0 bridgehead atoms. The SMILES string of the molecule is CN(C)CC(=O)N[C@@H]1CC[C@H](CCn2cc(C3CCCCC3)nn2)O[C@H]1CO. The fourth-order valence-electron chi connectivity index (χ4n) is 4.33. The molecule has 1 aromatic rings. The Morgan fingerprint density at radius 2 is 2.07 bits per heavy atom. The molecule has 1 aromatic heterocycles. The highest BCUT2D eigenvalue weighted by atomic mass is 16.5. The van der Waals surface area contributed by atoms with E-state index in [9.17, 15) is 9.90 Å². The lowest BCUT2D eigenvalue weighted by Crippen LogP contribution is -2.52. The van der Waals surface area contributed by atoms with Gasteiger partial charge in [-0.15, -0.1) is 5.10 Å². The van der Waals surface area contributed by atoms with Gasteiger partial charge >= 0.3 is 0 Å². The van der Waals surface area contributed by atoms with Crippen molar-refractivity contribution in [3.63, 3.8) is 0 Å². The van der Waals surface area contributed by atoms with Crippen molar-refractivity contribution in [2.75, 3.05) is 27.2 Å². The number of hydrogen-bond acceptors (Lipinski definition) is 6. The van der Waals surface area contributed by atoms with Crippen LogP contribution in [0.15, 0.2) is 6.20 Å². The van der Waals surface area contributed by atoms with Gasteiger partial charge in [0, 0.05) is 18.7 Å². The van der Waals surface area contributed by atoms with Crippen LogP contribution in [0, 0.1) is 0 Å². The van der Waals surface area contributed by atoms with E-state index in [0.717, 1.165) is 31.5 Å². The van der Waals surface area contributed by atoms with Gasteiger partial charge in [-0.3, -0.25) is 9.48 Å². The Morgan fingerprint density at radius 3 is 2.79 bits per heavy atom. The van der Waals surface area contributed by atoms with Crippen molar-refractivity contribution >= 4 is 5.91 Å². The van der Waals surface area contributed by atoms with E-state index in [1.165, 1.54) is 32.1 Å². The third-order valence-corrected chi connectivity index (χ3v) is 5.86. The highest BCUT2D eigenvalue weighted by Crippen LogP contribution is 2.31. The van der Waals surface area contributed by atoms with Crippen molar-refractivity contribution in [2.45, 2.75) is 82.1 Å². The standard InChI is InChI=1S/C20H35N5O3/c1-24(2)13-20(27)21-17-9-8-16(28-19(17)14-26)10-11-25-12-18(22-23-25)15-6-4-3-5-7-15/h12,15-17,19,26H,3-11,13-14H2,1-2H3,(H,21,27)/t16-,17-,19+/m1/s1. The van der Waals surface area contributed by atoms with Gasteiger partial charge in [-0.2, -0.15) is 0 Å². The van der Waals surface area contributed by atoms with Gasteiger partial charge in [0.15, 0.2) is 0 Å². The molecule has 158 valence electrons. The number of amides is 1. The molecular weight excluding hydrogens is 358 g/mol. The van der Waals surface area contributed by atoms with Crippen LogP contribution in [0.3, 0.4) is 0 Å². The summed E-state index contributed by atoms with van der Waals surface area (Å²) in [5.74, 6) is 0.534. The molecule has 1 aliphatic heterocycles. The summed E-state index contributed by atoms with van der Waals surface area (Å²) in [4.78, 5) is 13.8. The second-order valence-electron chi connectivity index (χ2n) is 8.50. The minimum Gasteiger partial charge on any atom is -0.394 e. The van der Waals surface area contributed by atoms with Gasteiger partial charge in [0.1, 0.15) is 6.10 Å². The lowest BCUT2D eigenvalue weighted by atomic mass is 9.87. The topological polar surface area (TPSA) is 92.5 Å². The van der Waals surface area contributed by atoms with E-state index in [2.05, 4.69) is 21.8 Å². The molecule has 2 fully saturated rings. The molecule has 3 rings (SSSR count). The van der Waals surface area contributed by atoms with Crippen LogP contribution in [0.5, 0.6) is 0 Å². The van der Waals surface area contributed by atoms with E-state index in [4.69, 9.17) is 4.74 Å². The first kappa shape index (κ1) is 21.2. The van der Waals surface area contributed by atoms with Crippen molar-refractivity contribution in [1.29, 1.82) is 0 Å². The summed E-state index contributed by atoms with van der Waals surface area (Å²) in [7, 11) is 3.72. The molecule has 28 heavy (non-hydrogen) atoms. The normalized spacial score (nSPS) is 26.5. The lowest BCUT2D eigenvalue weighted by molar-refractivity contribution is -0.129. The first-order valence-corrected chi connectivity index (χ1v) is 10.7. The Morgan fingerprint density at radius 1 is 1.29 bits per heavy atom. The molecule has 1 saturated carbocycles. The van der Waals surface area contributed by atoms with Gasteiger partial charge in [0.2, 0.25) is 5.91 Å². The maximum atomic E-state index is 12.0. The number of ether oxygens (including phenoxy) is 1. The number of aliphatic hydroxyl groups is 1. The summed E-state index contributed by atoms with van der Waals surface area (Å²) in [5, 5.41) is 21.4. The fourth-order valence-corrected chi connectivity index (χ4v) is 4.33. The molecule has 3 atom stereocenters. The number of carbonyl (C=O) groups is 1. The monoisotopic (exact) mass is 393 g/mol. The summed E-state index contributed by atoms with van der Waals surface area (Å²) >= 11 is 0.